The monoisotopic (exact) mass is 433 g/mol. The van der Waals surface area contributed by atoms with Crippen molar-refractivity contribution in [3.8, 4) is 17.2 Å². The molecule has 3 rings (SSSR count). The van der Waals surface area contributed by atoms with Crippen LogP contribution in [0.3, 0.4) is 0 Å². The van der Waals surface area contributed by atoms with Crippen molar-refractivity contribution in [2.24, 2.45) is 0 Å². The van der Waals surface area contributed by atoms with Crippen LogP contribution in [0.4, 0.5) is 10.5 Å². The summed E-state index contributed by atoms with van der Waals surface area (Å²) in [5.41, 5.74) is 1.13. The van der Waals surface area contributed by atoms with Gasteiger partial charge in [-0.3, -0.25) is 5.32 Å². The number of fused-ring (bicyclic) bond motifs is 1. The molecular formula is C22H27NO8. The first-order chi connectivity index (χ1) is 15.1. The van der Waals surface area contributed by atoms with Gasteiger partial charge in [0.15, 0.2) is 17.6 Å². The third-order valence-corrected chi connectivity index (χ3v) is 4.53. The quantitative estimate of drug-likeness (QED) is 0.496. The number of aliphatic hydroxyl groups is 2. The number of hydrogen-bond acceptors (Lipinski definition) is 8. The highest BCUT2D eigenvalue weighted by atomic mass is 16.7. The molecule has 2 aromatic rings. The Bertz CT molecular complexity index is 853. The van der Waals surface area contributed by atoms with Crippen LogP contribution in [0.5, 0.6) is 17.2 Å². The molecule has 1 aliphatic rings. The molecule has 1 heterocycles. The predicted molar refractivity (Wildman–Crippen MR) is 112 cm³/mol. The summed E-state index contributed by atoms with van der Waals surface area (Å²) in [6.07, 6.45) is -1.77. The Hall–Kier alpha value is -3.01. The molecule has 9 nitrogen and oxygen atoms in total. The Morgan fingerprint density at radius 2 is 1.97 bits per heavy atom. The number of carbonyl (C=O) groups excluding carboxylic acids is 1. The second-order valence-corrected chi connectivity index (χ2v) is 6.67. The second kappa shape index (κ2) is 11.4. The van der Waals surface area contributed by atoms with Crippen molar-refractivity contribution in [3.63, 3.8) is 0 Å². The number of rotatable bonds is 11. The summed E-state index contributed by atoms with van der Waals surface area (Å²) in [6.45, 7) is 2.25. The second-order valence-electron chi connectivity index (χ2n) is 6.67. The smallest absolute Gasteiger partial charge is 0.412 e. The SMILES string of the molecule is CCO[C@@H](CCO)[C@@H](OC(=O)Nc1ccc2c(c1)OCO2)c1cccc(OCCO)c1. The molecule has 168 valence electrons. The molecule has 31 heavy (non-hydrogen) atoms. The molecule has 0 aliphatic carbocycles. The lowest BCUT2D eigenvalue weighted by Crippen LogP contribution is -2.29. The van der Waals surface area contributed by atoms with Crippen LogP contribution in [0.1, 0.15) is 25.0 Å². The highest BCUT2D eigenvalue weighted by molar-refractivity contribution is 5.85. The number of benzene rings is 2. The number of nitrogens with one attached hydrogen (secondary N) is 1. The van der Waals surface area contributed by atoms with Crippen LogP contribution in [-0.4, -0.2) is 55.6 Å². The van der Waals surface area contributed by atoms with Gasteiger partial charge in [-0.15, -0.1) is 0 Å². The Kier molecular flexibility index (Phi) is 8.34. The van der Waals surface area contributed by atoms with Crippen molar-refractivity contribution in [3.05, 3.63) is 48.0 Å². The maximum Gasteiger partial charge on any atom is 0.412 e. The number of ether oxygens (including phenoxy) is 5. The van der Waals surface area contributed by atoms with Crippen molar-refractivity contribution in [1.29, 1.82) is 0 Å². The van der Waals surface area contributed by atoms with Gasteiger partial charge in [0.05, 0.1) is 6.61 Å². The fourth-order valence-corrected chi connectivity index (χ4v) is 3.20. The van der Waals surface area contributed by atoms with Crippen molar-refractivity contribution in [1.82, 2.24) is 0 Å². The van der Waals surface area contributed by atoms with Gasteiger partial charge in [-0.1, -0.05) is 12.1 Å². The van der Waals surface area contributed by atoms with Crippen LogP contribution in [0.15, 0.2) is 42.5 Å². The highest BCUT2D eigenvalue weighted by Gasteiger charge is 2.28. The maximum absolute atomic E-state index is 12.7. The van der Waals surface area contributed by atoms with Gasteiger partial charge in [0.2, 0.25) is 6.79 Å². The fraction of sp³-hybridized carbons (Fsp3) is 0.409. The van der Waals surface area contributed by atoms with Crippen LogP contribution in [-0.2, 0) is 9.47 Å². The molecule has 0 saturated heterocycles. The summed E-state index contributed by atoms with van der Waals surface area (Å²) in [4.78, 5) is 12.7. The van der Waals surface area contributed by atoms with E-state index in [0.29, 0.717) is 35.1 Å². The van der Waals surface area contributed by atoms with Crippen LogP contribution >= 0.6 is 0 Å². The average molecular weight is 433 g/mol. The number of anilines is 1. The number of carbonyl (C=O) groups is 1. The molecule has 9 heteroatoms. The maximum atomic E-state index is 12.7. The largest absolute Gasteiger partial charge is 0.491 e. The first-order valence-electron chi connectivity index (χ1n) is 10.1. The normalized spacial score (nSPS) is 14.0. The topological polar surface area (TPSA) is 116 Å². The minimum atomic E-state index is -0.793. The van der Waals surface area contributed by atoms with Crippen molar-refractivity contribution >= 4 is 11.8 Å². The Morgan fingerprint density at radius 3 is 2.74 bits per heavy atom. The molecule has 1 aliphatic heterocycles. The molecule has 0 bridgehead atoms. The summed E-state index contributed by atoms with van der Waals surface area (Å²) in [5.74, 6) is 1.67. The third-order valence-electron chi connectivity index (χ3n) is 4.53. The van der Waals surface area contributed by atoms with Gasteiger partial charge < -0.3 is 33.9 Å². The number of amides is 1. The fourth-order valence-electron chi connectivity index (χ4n) is 3.20. The minimum Gasteiger partial charge on any atom is -0.491 e. The molecule has 0 radical (unpaired) electrons. The molecule has 0 aromatic heterocycles. The lowest BCUT2D eigenvalue weighted by Gasteiger charge is -2.27. The zero-order chi connectivity index (χ0) is 22.1. The van der Waals surface area contributed by atoms with E-state index in [9.17, 15) is 9.90 Å². The summed E-state index contributed by atoms with van der Waals surface area (Å²) in [5, 5.41) is 21.1. The van der Waals surface area contributed by atoms with Crippen LogP contribution in [0.2, 0.25) is 0 Å². The minimum absolute atomic E-state index is 0.117. The van der Waals surface area contributed by atoms with Gasteiger partial charge in [0.25, 0.3) is 0 Å². The third kappa shape index (κ3) is 6.24. The van der Waals surface area contributed by atoms with Gasteiger partial charge in [-0.25, -0.2) is 4.79 Å². The first kappa shape index (κ1) is 22.7. The van der Waals surface area contributed by atoms with E-state index < -0.39 is 18.3 Å². The van der Waals surface area contributed by atoms with E-state index in [-0.39, 0.29) is 33.0 Å². The molecule has 2 atom stereocenters. The van der Waals surface area contributed by atoms with Crippen LogP contribution in [0.25, 0.3) is 0 Å². The van der Waals surface area contributed by atoms with Crippen molar-refractivity contribution in [2.75, 3.05) is 38.5 Å². The van der Waals surface area contributed by atoms with E-state index in [4.69, 9.17) is 28.8 Å². The summed E-state index contributed by atoms with van der Waals surface area (Å²) in [6, 6.07) is 12.0. The van der Waals surface area contributed by atoms with Gasteiger partial charge >= 0.3 is 6.09 Å². The average Bonchev–Trinajstić information content (AvgIpc) is 3.24. The van der Waals surface area contributed by atoms with E-state index in [1.54, 1.807) is 42.5 Å². The lowest BCUT2D eigenvalue weighted by molar-refractivity contribution is -0.0484. The summed E-state index contributed by atoms with van der Waals surface area (Å²) < 4.78 is 27.5. The molecule has 1 amide bonds. The summed E-state index contributed by atoms with van der Waals surface area (Å²) in [7, 11) is 0. The van der Waals surface area contributed by atoms with Crippen LogP contribution in [0, 0.1) is 0 Å². The zero-order valence-corrected chi connectivity index (χ0v) is 17.3. The van der Waals surface area contributed by atoms with Gasteiger partial charge in [0, 0.05) is 31.4 Å². The molecule has 3 N–H and O–H groups in total. The molecule has 0 unspecified atom stereocenters. The van der Waals surface area contributed by atoms with Gasteiger partial charge in [0.1, 0.15) is 18.5 Å². The number of aliphatic hydroxyl groups excluding tert-OH is 2. The molecule has 0 fully saturated rings. The van der Waals surface area contributed by atoms with Crippen molar-refractivity contribution in [2.45, 2.75) is 25.6 Å². The Morgan fingerprint density at radius 1 is 1.13 bits per heavy atom. The van der Waals surface area contributed by atoms with E-state index in [1.165, 1.54) is 0 Å². The standard InChI is InChI=1S/C22H27NO8/c1-2-27-19(8-9-24)21(15-4-3-5-17(12-15)28-11-10-25)31-22(26)23-16-6-7-18-20(13-16)30-14-29-18/h3-7,12-13,19,21,24-25H,2,8-11,14H2,1H3,(H,23,26)/t19-,21-/m0/s1. The Labute approximate surface area is 180 Å². The van der Waals surface area contributed by atoms with E-state index in [2.05, 4.69) is 5.32 Å². The van der Waals surface area contributed by atoms with E-state index in [1.807, 2.05) is 6.92 Å². The van der Waals surface area contributed by atoms with Crippen LogP contribution < -0.4 is 19.5 Å². The van der Waals surface area contributed by atoms with E-state index >= 15 is 0 Å². The number of hydrogen-bond donors (Lipinski definition) is 3. The molecule has 2 aromatic carbocycles. The first-order valence-corrected chi connectivity index (χ1v) is 10.1. The molecule has 0 spiro atoms. The zero-order valence-electron chi connectivity index (χ0n) is 17.3. The van der Waals surface area contributed by atoms with Crippen molar-refractivity contribution < 1.29 is 38.7 Å². The van der Waals surface area contributed by atoms with Gasteiger partial charge in [-0.2, -0.15) is 0 Å². The summed E-state index contributed by atoms with van der Waals surface area (Å²) >= 11 is 0. The molecule has 0 saturated carbocycles. The van der Waals surface area contributed by atoms with E-state index in [0.717, 1.165) is 0 Å². The lowest BCUT2D eigenvalue weighted by atomic mass is 10.0. The predicted octanol–water partition coefficient (Wildman–Crippen LogP) is 2.86. The highest BCUT2D eigenvalue weighted by Crippen LogP contribution is 2.35. The van der Waals surface area contributed by atoms with Gasteiger partial charge in [-0.05, 0) is 36.8 Å². The molecular weight excluding hydrogens is 406 g/mol. The Balaban J connectivity index is 1.78.